The van der Waals surface area contributed by atoms with E-state index in [9.17, 15) is 4.79 Å². The second kappa shape index (κ2) is 5.94. The van der Waals surface area contributed by atoms with E-state index in [1.807, 2.05) is 12.1 Å². The van der Waals surface area contributed by atoms with Gasteiger partial charge in [0.25, 0.3) is 5.91 Å². The fourth-order valence-corrected chi connectivity index (χ4v) is 3.19. The van der Waals surface area contributed by atoms with Gasteiger partial charge >= 0.3 is 0 Å². The molecule has 2 aromatic carbocycles. The molecule has 1 fully saturated rings. The summed E-state index contributed by atoms with van der Waals surface area (Å²) in [7, 11) is 0. The van der Waals surface area contributed by atoms with Gasteiger partial charge in [-0.15, -0.1) is 0 Å². The monoisotopic (exact) mass is 354 g/mol. The first-order valence-electron chi connectivity index (χ1n) is 7.22. The molecule has 0 bridgehead atoms. The summed E-state index contributed by atoms with van der Waals surface area (Å²) >= 11 is 3.49. The molecule has 22 heavy (non-hydrogen) atoms. The maximum atomic E-state index is 12.5. The van der Waals surface area contributed by atoms with E-state index in [-0.39, 0.29) is 11.4 Å². The van der Waals surface area contributed by atoms with Crippen LogP contribution in [0.2, 0.25) is 0 Å². The zero-order valence-corrected chi connectivity index (χ0v) is 13.6. The number of carbonyl (C=O) groups excluding carboxylic acids is 1. The smallest absolute Gasteiger partial charge is 0.251 e. The van der Waals surface area contributed by atoms with E-state index in [0.29, 0.717) is 11.1 Å². The molecule has 0 aromatic heterocycles. The van der Waals surface area contributed by atoms with Crippen molar-refractivity contribution >= 4 is 21.8 Å². The lowest BCUT2D eigenvalue weighted by Gasteiger charge is -2.43. The number of carbonyl (C=O) groups is 1. The van der Waals surface area contributed by atoms with Crippen molar-refractivity contribution in [3.8, 4) is 6.07 Å². The van der Waals surface area contributed by atoms with Gasteiger partial charge in [0.2, 0.25) is 0 Å². The number of nitriles is 1. The molecular weight excluding hydrogens is 340 g/mol. The van der Waals surface area contributed by atoms with Crippen LogP contribution in [0.15, 0.2) is 53.0 Å². The van der Waals surface area contributed by atoms with Crippen LogP contribution in [0.1, 0.15) is 40.7 Å². The fraction of sp³-hybridized carbons (Fsp3) is 0.222. The Morgan fingerprint density at radius 1 is 1.18 bits per heavy atom. The molecule has 2 aromatic rings. The summed E-state index contributed by atoms with van der Waals surface area (Å²) in [6, 6.07) is 16.9. The van der Waals surface area contributed by atoms with Crippen molar-refractivity contribution in [1.82, 2.24) is 5.32 Å². The highest BCUT2D eigenvalue weighted by Crippen LogP contribution is 2.42. The Morgan fingerprint density at radius 3 is 2.45 bits per heavy atom. The Labute approximate surface area is 138 Å². The largest absolute Gasteiger partial charge is 0.343 e. The minimum absolute atomic E-state index is 0.0934. The molecule has 0 atom stereocenters. The van der Waals surface area contributed by atoms with Gasteiger partial charge in [0, 0.05) is 10.0 Å². The Bertz CT molecular complexity index is 742. The lowest BCUT2D eigenvalue weighted by Crippen LogP contribution is -2.50. The molecule has 1 saturated carbocycles. The maximum Gasteiger partial charge on any atom is 0.251 e. The summed E-state index contributed by atoms with van der Waals surface area (Å²) < 4.78 is 1.02. The second-order valence-corrected chi connectivity index (χ2v) is 6.50. The number of hydrogen-bond donors (Lipinski definition) is 1. The standard InChI is InChI=1S/C18H15BrN2O/c19-16-4-1-3-15(11-16)18(9-2-10-18)21-17(22)14-7-5-13(12-20)6-8-14/h1,3-8,11H,2,9-10H2,(H,21,22). The van der Waals surface area contributed by atoms with Crippen LogP contribution in [0.3, 0.4) is 0 Å². The molecule has 110 valence electrons. The Hall–Kier alpha value is -2.12. The van der Waals surface area contributed by atoms with E-state index < -0.39 is 0 Å². The number of amides is 1. The molecule has 0 saturated heterocycles. The third-order valence-corrected chi connectivity index (χ3v) is 4.71. The number of nitrogens with one attached hydrogen (secondary N) is 1. The fourth-order valence-electron chi connectivity index (χ4n) is 2.79. The predicted molar refractivity (Wildman–Crippen MR) is 88.3 cm³/mol. The normalized spacial score (nSPS) is 15.5. The highest BCUT2D eigenvalue weighted by Gasteiger charge is 2.40. The molecule has 1 aliphatic carbocycles. The van der Waals surface area contributed by atoms with E-state index in [4.69, 9.17) is 5.26 Å². The van der Waals surface area contributed by atoms with E-state index in [1.165, 1.54) is 0 Å². The molecular formula is C18H15BrN2O. The van der Waals surface area contributed by atoms with Crippen LogP contribution in [0, 0.1) is 11.3 Å². The summed E-state index contributed by atoms with van der Waals surface area (Å²) in [5.41, 5.74) is 2.01. The van der Waals surface area contributed by atoms with E-state index in [0.717, 1.165) is 29.3 Å². The van der Waals surface area contributed by atoms with Crippen LogP contribution in [-0.4, -0.2) is 5.91 Å². The lowest BCUT2D eigenvalue weighted by molar-refractivity contribution is 0.0823. The molecule has 3 nitrogen and oxygen atoms in total. The zero-order valence-electron chi connectivity index (χ0n) is 12.0. The van der Waals surface area contributed by atoms with Crippen LogP contribution in [0.25, 0.3) is 0 Å². The van der Waals surface area contributed by atoms with Crippen molar-refractivity contribution in [1.29, 1.82) is 5.26 Å². The number of rotatable bonds is 3. The zero-order chi connectivity index (χ0) is 15.6. The van der Waals surface area contributed by atoms with Crippen molar-refractivity contribution in [3.05, 3.63) is 69.7 Å². The summed E-state index contributed by atoms with van der Waals surface area (Å²) in [5, 5.41) is 12.0. The quantitative estimate of drug-likeness (QED) is 0.900. The average Bonchev–Trinajstić information content (AvgIpc) is 2.50. The molecule has 1 amide bonds. The van der Waals surface area contributed by atoms with Crippen LogP contribution < -0.4 is 5.32 Å². The molecule has 0 heterocycles. The Kier molecular flexibility index (Phi) is 4.00. The van der Waals surface area contributed by atoms with Crippen molar-refractivity contribution in [2.24, 2.45) is 0 Å². The third kappa shape index (κ3) is 2.77. The first kappa shape index (κ1) is 14.8. The highest BCUT2D eigenvalue weighted by molar-refractivity contribution is 9.10. The van der Waals surface area contributed by atoms with E-state index in [2.05, 4.69) is 39.4 Å². The van der Waals surface area contributed by atoms with Crippen LogP contribution in [0.5, 0.6) is 0 Å². The second-order valence-electron chi connectivity index (χ2n) is 5.59. The van der Waals surface area contributed by atoms with Gasteiger partial charge in [0.1, 0.15) is 0 Å². The van der Waals surface area contributed by atoms with Crippen LogP contribution >= 0.6 is 15.9 Å². The van der Waals surface area contributed by atoms with Gasteiger partial charge in [-0.3, -0.25) is 4.79 Å². The lowest BCUT2D eigenvalue weighted by atomic mass is 9.71. The average molecular weight is 355 g/mol. The topological polar surface area (TPSA) is 52.9 Å². The number of nitrogens with zero attached hydrogens (tertiary/aromatic N) is 1. The molecule has 0 radical (unpaired) electrons. The highest BCUT2D eigenvalue weighted by atomic mass is 79.9. The maximum absolute atomic E-state index is 12.5. The number of benzene rings is 2. The minimum atomic E-state index is -0.269. The van der Waals surface area contributed by atoms with Crippen molar-refractivity contribution < 1.29 is 4.79 Å². The van der Waals surface area contributed by atoms with Crippen molar-refractivity contribution in [3.63, 3.8) is 0 Å². The minimum Gasteiger partial charge on any atom is -0.343 e. The predicted octanol–water partition coefficient (Wildman–Crippen LogP) is 4.13. The molecule has 0 aliphatic heterocycles. The Morgan fingerprint density at radius 2 is 1.91 bits per heavy atom. The molecule has 0 unspecified atom stereocenters. The summed E-state index contributed by atoms with van der Waals surface area (Å²) in [6.45, 7) is 0. The van der Waals surface area contributed by atoms with Gasteiger partial charge in [-0.05, 0) is 61.2 Å². The molecule has 0 spiro atoms. The van der Waals surface area contributed by atoms with Gasteiger partial charge in [-0.2, -0.15) is 5.26 Å². The van der Waals surface area contributed by atoms with Gasteiger partial charge in [-0.25, -0.2) is 0 Å². The van der Waals surface area contributed by atoms with Crippen molar-refractivity contribution in [2.45, 2.75) is 24.8 Å². The molecule has 1 N–H and O–H groups in total. The number of halogens is 1. The SMILES string of the molecule is N#Cc1ccc(C(=O)NC2(c3cccc(Br)c3)CCC2)cc1. The summed E-state index contributed by atoms with van der Waals surface area (Å²) in [6.07, 6.45) is 3.01. The van der Waals surface area contributed by atoms with Gasteiger partial charge in [-0.1, -0.05) is 28.1 Å². The molecule has 4 heteroatoms. The van der Waals surface area contributed by atoms with Crippen molar-refractivity contribution in [2.75, 3.05) is 0 Å². The van der Waals surface area contributed by atoms with Gasteiger partial charge in [0.05, 0.1) is 17.2 Å². The van der Waals surface area contributed by atoms with Gasteiger partial charge < -0.3 is 5.32 Å². The summed E-state index contributed by atoms with van der Waals surface area (Å²) in [5.74, 6) is -0.0934. The van der Waals surface area contributed by atoms with Gasteiger partial charge in [0.15, 0.2) is 0 Å². The third-order valence-electron chi connectivity index (χ3n) is 4.21. The summed E-state index contributed by atoms with van der Waals surface area (Å²) in [4.78, 5) is 12.5. The van der Waals surface area contributed by atoms with Crippen LogP contribution in [0.4, 0.5) is 0 Å². The molecule has 1 aliphatic rings. The van der Waals surface area contributed by atoms with E-state index in [1.54, 1.807) is 24.3 Å². The Balaban J connectivity index is 1.83. The molecule has 3 rings (SSSR count). The van der Waals surface area contributed by atoms with Crippen LogP contribution in [-0.2, 0) is 5.54 Å². The first-order chi connectivity index (χ1) is 10.6. The van der Waals surface area contributed by atoms with E-state index >= 15 is 0 Å². The first-order valence-corrected chi connectivity index (χ1v) is 8.01. The number of hydrogen-bond acceptors (Lipinski definition) is 2.